The first-order chi connectivity index (χ1) is 9.65. The van der Waals surface area contributed by atoms with Gasteiger partial charge in [-0.2, -0.15) is 5.10 Å². The predicted octanol–water partition coefficient (Wildman–Crippen LogP) is 2.85. The number of rotatable bonds is 4. The van der Waals surface area contributed by atoms with Gasteiger partial charge in [-0.3, -0.25) is 4.68 Å². The maximum absolute atomic E-state index is 13.8. The Kier molecular flexibility index (Phi) is 3.85. The molecular formula is C14H16BrFN4. The maximum Gasteiger partial charge on any atom is 0.137 e. The van der Waals surface area contributed by atoms with Crippen LogP contribution >= 0.6 is 15.9 Å². The summed E-state index contributed by atoms with van der Waals surface area (Å²) >= 11 is 3.54. The summed E-state index contributed by atoms with van der Waals surface area (Å²) in [6.45, 7) is 2.85. The molecule has 0 unspecified atom stereocenters. The maximum atomic E-state index is 13.8. The Labute approximate surface area is 125 Å². The van der Waals surface area contributed by atoms with Crippen molar-refractivity contribution in [2.75, 3.05) is 0 Å². The molecule has 0 saturated carbocycles. The van der Waals surface area contributed by atoms with Gasteiger partial charge < -0.3 is 5.32 Å². The minimum atomic E-state index is -0.101. The van der Waals surface area contributed by atoms with Gasteiger partial charge in [0.2, 0.25) is 0 Å². The molecular weight excluding hydrogens is 323 g/mol. The highest BCUT2D eigenvalue weighted by Crippen LogP contribution is 2.38. The molecule has 0 bridgehead atoms. The number of hydrogen-bond donors (Lipinski definition) is 1. The van der Waals surface area contributed by atoms with Gasteiger partial charge >= 0.3 is 0 Å². The van der Waals surface area contributed by atoms with E-state index in [1.54, 1.807) is 17.1 Å². The van der Waals surface area contributed by atoms with E-state index in [4.69, 9.17) is 0 Å². The van der Waals surface area contributed by atoms with Gasteiger partial charge in [-0.05, 0) is 43.0 Å². The summed E-state index contributed by atoms with van der Waals surface area (Å²) < 4.78 is 16.6. The highest BCUT2D eigenvalue weighted by atomic mass is 79.9. The zero-order valence-corrected chi connectivity index (χ0v) is 12.8. The molecule has 0 amide bonds. The van der Waals surface area contributed by atoms with Gasteiger partial charge in [0.15, 0.2) is 0 Å². The molecule has 4 nitrogen and oxygen atoms in total. The Morgan fingerprint density at radius 2 is 2.40 bits per heavy atom. The molecule has 1 aliphatic carbocycles. The van der Waals surface area contributed by atoms with Crippen LogP contribution in [0, 0.1) is 5.82 Å². The van der Waals surface area contributed by atoms with Crippen LogP contribution in [0.1, 0.15) is 30.5 Å². The van der Waals surface area contributed by atoms with E-state index in [0.717, 1.165) is 35.0 Å². The third kappa shape index (κ3) is 2.62. The van der Waals surface area contributed by atoms with Crippen molar-refractivity contribution >= 4 is 15.9 Å². The minimum Gasteiger partial charge on any atom is -0.306 e. The van der Waals surface area contributed by atoms with Gasteiger partial charge in [0.1, 0.15) is 18.5 Å². The zero-order valence-electron chi connectivity index (χ0n) is 11.2. The van der Waals surface area contributed by atoms with Gasteiger partial charge in [-0.15, -0.1) is 0 Å². The van der Waals surface area contributed by atoms with Crippen molar-refractivity contribution < 1.29 is 4.39 Å². The summed E-state index contributed by atoms with van der Waals surface area (Å²) in [4.78, 5) is 3.94. The van der Waals surface area contributed by atoms with Crippen molar-refractivity contribution in [1.29, 1.82) is 0 Å². The number of aromatic nitrogens is 3. The number of fused-ring (bicyclic) bond motifs is 1. The third-order valence-corrected chi connectivity index (χ3v) is 4.38. The lowest BCUT2D eigenvalue weighted by molar-refractivity contribution is 0.397. The molecule has 106 valence electrons. The summed E-state index contributed by atoms with van der Waals surface area (Å²) in [5.74, 6) is -0.101. The lowest BCUT2D eigenvalue weighted by Crippen LogP contribution is -2.33. The number of hydrogen-bond acceptors (Lipinski definition) is 3. The Balaban J connectivity index is 1.73. The lowest BCUT2D eigenvalue weighted by atomic mass is 10.1. The first kappa shape index (κ1) is 13.7. The molecule has 1 heterocycles. The summed E-state index contributed by atoms with van der Waals surface area (Å²) in [6, 6.07) is 3.75. The van der Waals surface area contributed by atoms with Crippen LogP contribution in [0.15, 0.2) is 29.3 Å². The largest absolute Gasteiger partial charge is 0.306 e. The fourth-order valence-electron chi connectivity index (χ4n) is 2.84. The van der Waals surface area contributed by atoms with Crippen LogP contribution in [0.2, 0.25) is 0 Å². The quantitative estimate of drug-likeness (QED) is 0.932. The van der Waals surface area contributed by atoms with Crippen molar-refractivity contribution in [2.45, 2.75) is 38.4 Å². The third-order valence-electron chi connectivity index (χ3n) is 3.69. The Morgan fingerprint density at radius 3 is 3.15 bits per heavy atom. The van der Waals surface area contributed by atoms with E-state index >= 15 is 0 Å². The van der Waals surface area contributed by atoms with Crippen molar-refractivity contribution in [3.63, 3.8) is 0 Å². The van der Waals surface area contributed by atoms with Crippen LogP contribution < -0.4 is 5.32 Å². The smallest absolute Gasteiger partial charge is 0.137 e. The fraction of sp³-hybridized carbons (Fsp3) is 0.429. The molecule has 0 radical (unpaired) electrons. The molecule has 1 aromatic carbocycles. The summed E-state index contributed by atoms with van der Waals surface area (Å²) in [5.41, 5.74) is 1.90. The van der Waals surface area contributed by atoms with Crippen molar-refractivity contribution in [3.05, 3.63) is 46.2 Å². The van der Waals surface area contributed by atoms with Gasteiger partial charge in [-0.25, -0.2) is 9.37 Å². The molecule has 1 aromatic heterocycles. The van der Waals surface area contributed by atoms with E-state index in [0.29, 0.717) is 0 Å². The molecule has 0 fully saturated rings. The van der Waals surface area contributed by atoms with Crippen molar-refractivity contribution in [3.8, 4) is 0 Å². The molecule has 6 heteroatoms. The molecule has 0 spiro atoms. The normalized spacial score (nSPS) is 19.1. The molecule has 1 N–H and O–H groups in total. The Morgan fingerprint density at radius 1 is 1.55 bits per heavy atom. The molecule has 2 atom stereocenters. The fourth-order valence-corrected chi connectivity index (χ4v) is 3.49. The van der Waals surface area contributed by atoms with Crippen LogP contribution in [-0.2, 0) is 13.0 Å². The van der Waals surface area contributed by atoms with Crippen LogP contribution in [0.25, 0.3) is 0 Å². The predicted molar refractivity (Wildman–Crippen MR) is 77.8 cm³/mol. The zero-order chi connectivity index (χ0) is 14.1. The molecule has 3 rings (SSSR count). The number of halogens is 2. The highest BCUT2D eigenvalue weighted by Gasteiger charge is 2.28. The second kappa shape index (κ2) is 5.61. The van der Waals surface area contributed by atoms with Crippen LogP contribution in [-0.4, -0.2) is 20.8 Å². The van der Waals surface area contributed by atoms with Gasteiger partial charge in [0, 0.05) is 16.6 Å². The molecule has 0 saturated heterocycles. The van der Waals surface area contributed by atoms with E-state index in [2.05, 4.69) is 38.3 Å². The second-order valence-corrected chi connectivity index (χ2v) is 6.05. The second-order valence-electron chi connectivity index (χ2n) is 5.20. The van der Waals surface area contributed by atoms with E-state index < -0.39 is 0 Å². The van der Waals surface area contributed by atoms with Gasteiger partial charge in [-0.1, -0.05) is 15.9 Å². The highest BCUT2D eigenvalue weighted by molar-refractivity contribution is 9.10. The number of nitrogens with one attached hydrogen (secondary N) is 1. The lowest BCUT2D eigenvalue weighted by Gasteiger charge is -2.21. The first-order valence-electron chi connectivity index (χ1n) is 6.70. The summed E-state index contributed by atoms with van der Waals surface area (Å²) in [6.07, 6.45) is 4.95. The van der Waals surface area contributed by atoms with Crippen LogP contribution in [0.5, 0.6) is 0 Å². The van der Waals surface area contributed by atoms with E-state index in [1.807, 2.05) is 0 Å². The first-order valence-corrected chi connectivity index (χ1v) is 7.49. The average Bonchev–Trinajstić information content (AvgIpc) is 3.04. The van der Waals surface area contributed by atoms with Crippen LogP contribution in [0.4, 0.5) is 4.39 Å². The van der Waals surface area contributed by atoms with E-state index in [-0.39, 0.29) is 17.9 Å². The number of benzene rings is 1. The topological polar surface area (TPSA) is 42.7 Å². The Bertz CT molecular complexity index is 599. The monoisotopic (exact) mass is 338 g/mol. The van der Waals surface area contributed by atoms with Gasteiger partial charge in [0.25, 0.3) is 0 Å². The van der Waals surface area contributed by atoms with E-state index in [1.165, 1.54) is 12.4 Å². The SMILES string of the molecule is C[C@H](Cn1cncn1)N[C@H]1CCc2c(F)ccc(Br)c21. The molecule has 20 heavy (non-hydrogen) atoms. The molecule has 0 aliphatic heterocycles. The standard InChI is InChI=1S/C14H16BrFN4/c1-9(6-20-8-17-7-18-20)19-13-5-2-10-12(16)4-3-11(15)14(10)13/h3-4,7-9,13,19H,2,5-6H2,1H3/t9-,13+/m1/s1. The molecule has 1 aliphatic rings. The summed E-state index contributed by atoms with van der Waals surface area (Å²) in [7, 11) is 0. The van der Waals surface area contributed by atoms with E-state index in [9.17, 15) is 4.39 Å². The van der Waals surface area contributed by atoms with Gasteiger partial charge in [0.05, 0.1) is 6.54 Å². The Hall–Kier alpha value is -1.27. The van der Waals surface area contributed by atoms with Crippen molar-refractivity contribution in [1.82, 2.24) is 20.1 Å². The average molecular weight is 339 g/mol. The minimum absolute atomic E-state index is 0.101. The van der Waals surface area contributed by atoms with Crippen LogP contribution in [0.3, 0.4) is 0 Å². The summed E-state index contributed by atoms with van der Waals surface area (Å²) in [5, 5.41) is 7.66. The molecule has 2 aromatic rings. The number of nitrogens with zero attached hydrogens (tertiary/aromatic N) is 3. The van der Waals surface area contributed by atoms with Crippen molar-refractivity contribution in [2.24, 2.45) is 0 Å².